The fraction of sp³-hybridized carbons (Fsp3) is 0.304. The third-order valence-corrected chi connectivity index (χ3v) is 7.31. The molecule has 6 heteroatoms. The van der Waals surface area contributed by atoms with Crippen molar-refractivity contribution in [2.45, 2.75) is 24.4 Å². The van der Waals surface area contributed by atoms with E-state index in [1.807, 2.05) is 67.6 Å². The molecule has 1 amide bonds. The lowest BCUT2D eigenvalue weighted by atomic mass is 9.81. The Morgan fingerprint density at radius 3 is 2.24 bits per heavy atom. The summed E-state index contributed by atoms with van der Waals surface area (Å²) in [5.41, 5.74) is 7.44. The molecule has 29 heavy (non-hydrogen) atoms. The Balaban J connectivity index is 1.64. The Bertz CT molecular complexity index is 894. The van der Waals surface area contributed by atoms with E-state index in [9.17, 15) is 9.59 Å². The normalized spacial score (nSPS) is 25.9. The molecule has 2 aromatic rings. The Kier molecular flexibility index (Phi) is 5.23. The van der Waals surface area contributed by atoms with E-state index in [4.69, 9.17) is 10.5 Å². The van der Waals surface area contributed by atoms with E-state index in [0.29, 0.717) is 11.3 Å². The van der Waals surface area contributed by atoms with Gasteiger partial charge in [-0.1, -0.05) is 72.8 Å². The first-order valence-electron chi connectivity index (χ1n) is 9.59. The Morgan fingerprint density at radius 1 is 1.17 bits per heavy atom. The number of carbonyl (C=O) groups excluding carboxylic acids is 2. The van der Waals surface area contributed by atoms with Crippen LogP contribution in [0.1, 0.15) is 24.2 Å². The van der Waals surface area contributed by atoms with E-state index >= 15 is 0 Å². The molecule has 0 saturated carbocycles. The van der Waals surface area contributed by atoms with Gasteiger partial charge >= 0.3 is 5.97 Å². The number of fused-ring (bicyclic) bond motifs is 1. The second-order valence-electron chi connectivity index (χ2n) is 7.66. The third kappa shape index (κ3) is 3.36. The number of esters is 1. The molecule has 2 heterocycles. The van der Waals surface area contributed by atoms with Gasteiger partial charge in [0.2, 0.25) is 5.91 Å². The van der Waals surface area contributed by atoms with Gasteiger partial charge in [0.05, 0.1) is 0 Å². The molecular weight excluding hydrogens is 384 g/mol. The number of hydrogen-bond acceptors (Lipinski definition) is 5. The van der Waals surface area contributed by atoms with Gasteiger partial charge in [0, 0.05) is 12.3 Å². The van der Waals surface area contributed by atoms with E-state index in [0.717, 1.165) is 11.1 Å². The maximum absolute atomic E-state index is 13.5. The van der Waals surface area contributed by atoms with Crippen molar-refractivity contribution in [1.29, 1.82) is 0 Å². The topological polar surface area (TPSA) is 72.6 Å². The van der Waals surface area contributed by atoms with Gasteiger partial charge in [-0.2, -0.15) is 0 Å². The quantitative estimate of drug-likeness (QED) is 0.468. The van der Waals surface area contributed by atoms with Gasteiger partial charge in [0.1, 0.15) is 16.8 Å². The Hall–Kier alpha value is -2.57. The molecule has 0 spiro atoms. The lowest BCUT2D eigenvalue weighted by Gasteiger charge is -2.53. The fourth-order valence-electron chi connectivity index (χ4n) is 3.84. The molecule has 2 aliphatic rings. The number of amides is 1. The van der Waals surface area contributed by atoms with Crippen LogP contribution >= 0.6 is 11.8 Å². The van der Waals surface area contributed by atoms with Crippen LogP contribution in [0.3, 0.4) is 0 Å². The number of ether oxygens (including phenoxy) is 1. The third-order valence-electron chi connectivity index (χ3n) is 5.76. The van der Waals surface area contributed by atoms with E-state index in [1.54, 1.807) is 4.90 Å². The average Bonchev–Trinajstić information content (AvgIpc) is 2.77. The molecule has 3 atom stereocenters. The second kappa shape index (κ2) is 7.69. The molecule has 2 unspecified atom stereocenters. The van der Waals surface area contributed by atoms with Crippen molar-refractivity contribution in [1.82, 2.24) is 4.90 Å². The number of thioether (sulfide) groups is 1. The predicted octanol–water partition coefficient (Wildman–Crippen LogP) is 3.12. The van der Waals surface area contributed by atoms with Gasteiger partial charge < -0.3 is 15.4 Å². The second-order valence-corrected chi connectivity index (χ2v) is 8.77. The molecule has 0 aliphatic carbocycles. The van der Waals surface area contributed by atoms with Crippen LogP contribution in [0.5, 0.6) is 0 Å². The summed E-state index contributed by atoms with van der Waals surface area (Å²) in [5.74, 6) is 0.0183. The zero-order valence-electron chi connectivity index (χ0n) is 16.3. The molecule has 0 radical (unpaired) electrons. The molecule has 2 aliphatic heterocycles. The first-order valence-corrected chi connectivity index (χ1v) is 10.6. The van der Waals surface area contributed by atoms with Crippen LogP contribution in [-0.2, 0) is 14.3 Å². The molecule has 2 fully saturated rings. The van der Waals surface area contributed by atoms with Crippen LogP contribution in [0.4, 0.5) is 0 Å². The summed E-state index contributed by atoms with van der Waals surface area (Å²) < 4.78 is 6.11. The van der Waals surface area contributed by atoms with Gasteiger partial charge in [-0.15, -0.1) is 11.8 Å². The summed E-state index contributed by atoms with van der Waals surface area (Å²) in [6.07, 6.45) is -0.529. The van der Waals surface area contributed by atoms with Crippen molar-refractivity contribution in [3.05, 3.63) is 83.9 Å². The summed E-state index contributed by atoms with van der Waals surface area (Å²) in [6.45, 7) is 6.16. The number of hydrogen-bond donors (Lipinski definition) is 1. The monoisotopic (exact) mass is 408 g/mol. The SMILES string of the molecule is C=C(C)C1(C(=O)OC(c2ccccc2)c2ccccc2)CS[C@@H]2C(N)C(=O)N2C1. The van der Waals surface area contributed by atoms with Crippen molar-refractivity contribution >= 4 is 23.6 Å². The zero-order chi connectivity index (χ0) is 20.6. The maximum atomic E-state index is 13.5. The fourth-order valence-corrected chi connectivity index (χ4v) is 5.43. The van der Waals surface area contributed by atoms with E-state index in [-0.39, 0.29) is 23.8 Å². The molecule has 2 saturated heterocycles. The largest absolute Gasteiger partial charge is 0.452 e. The molecule has 0 bridgehead atoms. The van der Waals surface area contributed by atoms with Crippen LogP contribution in [-0.4, -0.2) is 40.5 Å². The minimum Gasteiger partial charge on any atom is -0.452 e. The highest BCUT2D eigenvalue weighted by molar-refractivity contribution is 8.00. The highest BCUT2D eigenvalue weighted by Gasteiger charge is 2.56. The molecular formula is C23H24N2O3S. The van der Waals surface area contributed by atoms with Crippen LogP contribution in [0, 0.1) is 5.41 Å². The number of rotatable bonds is 5. The molecule has 2 N–H and O–H groups in total. The van der Waals surface area contributed by atoms with Crippen molar-refractivity contribution in [2.24, 2.45) is 11.1 Å². The van der Waals surface area contributed by atoms with E-state index in [2.05, 4.69) is 6.58 Å². The zero-order valence-corrected chi connectivity index (χ0v) is 17.1. The Labute approximate surface area is 174 Å². The van der Waals surface area contributed by atoms with Crippen molar-refractivity contribution in [2.75, 3.05) is 12.3 Å². The number of benzene rings is 2. The summed E-state index contributed by atoms with van der Waals surface area (Å²) >= 11 is 1.53. The first kappa shape index (κ1) is 19.7. The lowest BCUT2D eigenvalue weighted by molar-refractivity contribution is -0.162. The summed E-state index contributed by atoms with van der Waals surface area (Å²) in [6, 6.07) is 18.9. The number of nitrogens with zero attached hydrogens (tertiary/aromatic N) is 1. The lowest BCUT2D eigenvalue weighted by Crippen LogP contribution is -2.72. The molecule has 0 aromatic heterocycles. The summed E-state index contributed by atoms with van der Waals surface area (Å²) in [5, 5.41) is -0.0678. The van der Waals surface area contributed by atoms with Gasteiger partial charge in [-0.3, -0.25) is 9.59 Å². The maximum Gasteiger partial charge on any atom is 0.319 e. The van der Waals surface area contributed by atoms with Crippen molar-refractivity contribution in [3.63, 3.8) is 0 Å². The van der Waals surface area contributed by atoms with E-state index < -0.39 is 17.6 Å². The predicted molar refractivity (Wildman–Crippen MR) is 114 cm³/mol. The van der Waals surface area contributed by atoms with Crippen LogP contribution < -0.4 is 5.73 Å². The van der Waals surface area contributed by atoms with Gasteiger partial charge in [-0.05, 0) is 18.1 Å². The summed E-state index contributed by atoms with van der Waals surface area (Å²) in [7, 11) is 0. The minimum absolute atomic E-state index is 0.0678. The van der Waals surface area contributed by atoms with Crippen LogP contribution in [0.2, 0.25) is 0 Å². The molecule has 4 rings (SSSR count). The number of β-lactam (4-membered cyclic amide) rings is 1. The average molecular weight is 409 g/mol. The highest BCUT2D eigenvalue weighted by atomic mass is 32.2. The first-order chi connectivity index (χ1) is 13.9. The van der Waals surface area contributed by atoms with Gasteiger partial charge in [0.25, 0.3) is 0 Å². The van der Waals surface area contributed by atoms with Gasteiger partial charge in [-0.25, -0.2) is 0 Å². The smallest absolute Gasteiger partial charge is 0.319 e. The summed E-state index contributed by atoms with van der Waals surface area (Å²) in [4.78, 5) is 27.4. The molecule has 5 nitrogen and oxygen atoms in total. The van der Waals surface area contributed by atoms with E-state index in [1.165, 1.54) is 11.8 Å². The number of carbonyl (C=O) groups is 2. The molecule has 150 valence electrons. The minimum atomic E-state index is -0.946. The van der Waals surface area contributed by atoms with Crippen molar-refractivity contribution in [3.8, 4) is 0 Å². The standard InChI is InChI=1S/C23H24N2O3S/c1-15(2)23(13-25-20(26)18(24)21(25)29-14-23)22(27)28-19(16-9-5-3-6-10-16)17-11-7-4-8-12-17/h3-12,18-19,21H,1,13-14,24H2,2H3/t18?,21-,23?/m1/s1. The van der Waals surface area contributed by atoms with Crippen molar-refractivity contribution < 1.29 is 14.3 Å². The van der Waals surface area contributed by atoms with Gasteiger partial charge in [0.15, 0.2) is 6.10 Å². The van der Waals surface area contributed by atoms with Crippen LogP contribution in [0.15, 0.2) is 72.8 Å². The highest BCUT2D eigenvalue weighted by Crippen LogP contribution is 2.46. The number of nitrogens with two attached hydrogens (primary N) is 1. The Morgan fingerprint density at radius 2 is 1.72 bits per heavy atom. The van der Waals surface area contributed by atoms with Crippen LogP contribution in [0.25, 0.3) is 0 Å². The molecule has 2 aromatic carbocycles.